The molecule has 5 atom stereocenters. The molecule has 0 saturated carbocycles. The van der Waals surface area contributed by atoms with Crippen LogP contribution in [0, 0.1) is 11.8 Å². The van der Waals surface area contributed by atoms with Crippen LogP contribution in [-0.4, -0.2) is 30.3 Å². The van der Waals surface area contributed by atoms with Gasteiger partial charge in [0.05, 0.1) is 12.1 Å². The number of ether oxygens (including phenoxy) is 2. The Bertz CT molecular complexity index is 331. The number of carbonyl (C=O) groups is 2. The third kappa shape index (κ3) is 3.93. The van der Waals surface area contributed by atoms with E-state index in [9.17, 15) is 9.59 Å². The molecule has 1 aliphatic rings. The summed E-state index contributed by atoms with van der Waals surface area (Å²) in [6, 6.07) is -0.283. The van der Waals surface area contributed by atoms with E-state index in [2.05, 4.69) is 19.2 Å². The number of rotatable bonds is 4. The van der Waals surface area contributed by atoms with Crippen LogP contribution in [-0.2, 0) is 19.1 Å². The lowest BCUT2D eigenvalue weighted by Gasteiger charge is -2.44. The molecule has 1 N–H and O–H groups in total. The van der Waals surface area contributed by atoms with E-state index >= 15 is 0 Å². The topological polar surface area (TPSA) is 64.6 Å². The van der Waals surface area contributed by atoms with Gasteiger partial charge in [-0.3, -0.25) is 9.59 Å². The van der Waals surface area contributed by atoms with Gasteiger partial charge in [0.25, 0.3) is 0 Å². The average Bonchev–Trinajstić information content (AvgIpc) is 2.37. The fraction of sp³-hybridized carbons (Fsp3) is 0.857. The highest BCUT2D eigenvalue weighted by molar-refractivity contribution is 5.76. The van der Waals surface area contributed by atoms with Crippen molar-refractivity contribution >= 4 is 11.9 Å². The second kappa shape index (κ2) is 6.89. The Morgan fingerprint density at radius 1 is 1.21 bits per heavy atom. The first-order chi connectivity index (χ1) is 8.90. The Hall–Kier alpha value is -1.10. The summed E-state index contributed by atoms with van der Waals surface area (Å²) in [6.07, 6.45) is 0.623. The van der Waals surface area contributed by atoms with Gasteiger partial charge in [0.2, 0.25) is 12.2 Å². The molecule has 0 spiro atoms. The van der Waals surface area contributed by atoms with Crippen LogP contribution in [0.4, 0.5) is 0 Å². The van der Waals surface area contributed by atoms with Gasteiger partial charge in [-0.15, -0.1) is 0 Å². The highest BCUT2D eigenvalue weighted by Crippen LogP contribution is 2.32. The number of hydrogen-bond donors (Lipinski definition) is 1. The summed E-state index contributed by atoms with van der Waals surface area (Å²) in [7, 11) is 0. The van der Waals surface area contributed by atoms with Crippen LogP contribution in [0.15, 0.2) is 0 Å². The van der Waals surface area contributed by atoms with E-state index in [1.165, 1.54) is 6.92 Å². The Kier molecular flexibility index (Phi) is 5.79. The van der Waals surface area contributed by atoms with Gasteiger partial charge in [0, 0.05) is 13.3 Å². The second-order valence-electron chi connectivity index (χ2n) is 5.23. The molecule has 1 aliphatic heterocycles. The van der Waals surface area contributed by atoms with Crippen LogP contribution in [0.5, 0.6) is 0 Å². The summed E-state index contributed by atoms with van der Waals surface area (Å²) in [5.74, 6) is 0.0506. The number of amides is 1. The molecule has 110 valence electrons. The van der Waals surface area contributed by atoms with Gasteiger partial charge >= 0.3 is 5.97 Å². The molecular weight excluding hydrogens is 246 g/mol. The molecule has 1 saturated heterocycles. The lowest BCUT2D eigenvalue weighted by Crippen LogP contribution is -2.58. The standard InChI is InChI=1S/C14H25NO4/c1-6-11-8(3)9(4)13(15-12(17)7-2)14(19-11)18-10(5)16/h8-9,11,13-14H,6-7H2,1-5H3,(H,15,17)/t8-,9-,11?,13?,14?/m0/s1. The van der Waals surface area contributed by atoms with E-state index in [-0.39, 0.29) is 24.0 Å². The second-order valence-corrected chi connectivity index (χ2v) is 5.23. The summed E-state index contributed by atoms with van der Waals surface area (Å²) >= 11 is 0. The van der Waals surface area contributed by atoms with E-state index in [0.717, 1.165) is 6.42 Å². The summed E-state index contributed by atoms with van der Waals surface area (Å²) < 4.78 is 11.1. The van der Waals surface area contributed by atoms with Crippen LogP contribution in [0.2, 0.25) is 0 Å². The fourth-order valence-corrected chi connectivity index (χ4v) is 2.51. The molecule has 5 nitrogen and oxygen atoms in total. The Labute approximate surface area is 115 Å². The van der Waals surface area contributed by atoms with Crippen molar-refractivity contribution in [3.05, 3.63) is 0 Å². The molecule has 1 rings (SSSR count). The number of esters is 1. The zero-order valence-corrected chi connectivity index (χ0v) is 12.4. The average molecular weight is 271 g/mol. The molecule has 0 aromatic heterocycles. The molecular formula is C14H25NO4. The molecule has 1 fully saturated rings. The molecule has 0 aliphatic carbocycles. The summed E-state index contributed by atoms with van der Waals surface area (Å²) in [4.78, 5) is 22.8. The van der Waals surface area contributed by atoms with Crippen LogP contribution >= 0.6 is 0 Å². The fourth-order valence-electron chi connectivity index (χ4n) is 2.51. The zero-order valence-electron chi connectivity index (χ0n) is 12.4. The van der Waals surface area contributed by atoms with Gasteiger partial charge in [-0.05, 0) is 18.3 Å². The Morgan fingerprint density at radius 2 is 1.84 bits per heavy atom. The van der Waals surface area contributed by atoms with Crippen molar-refractivity contribution in [2.45, 2.75) is 65.9 Å². The van der Waals surface area contributed by atoms with Gasteiger partial charge in [-0.25, -0.2) is 0 Å². The molecule has 1 amide bonds. The van der Waals surface area contributed by atoms with Gasteiger partial charge in [-0.1, -0.05) is 27.7 Å². The Morgan fingerprint density at radius 3 is 2.32 bits per heavy atom. The van der Waals surface area contributed by atoms with Crippen molar-refractivity contribution < 1.29 is 19.1 Å². The van der Waals surface area contributed by atoms with Crippen molar-refractivity contribution in [3.8, 4) is 0 Å². The highest BCUT2D eigenvalue weighted by Gasteiger charge is 2.42. The van der Waals surface area contributed by atoms with Crippen LogP contribution in [0.1, 0.15) is 47.5 Å². The smallest absolute Gasteiger partial charge is 0.305 e. The molecule has 5 heteroatoms. The largest absolute Gasteiger partial charge is 0.434 e. The van der Waals surface area contributed by atoms with Gasteiger partial charge in [0.1, 0.15) is 0 Å². The third-order valence-electron chi connectivity index (χ3n) is 3.92. The van der Waals surface area contributed by atoms with Crippen LogP contribution < -0.4 is 5.32 Å². The quantitative estimate of drug-likeness (QED) is 0.793. The normalized spacial score (nSPS) is 34.7. The van der Waals surface area contributed by atoms with E-state index in [0.29, 0.717) is 12.3 Å². The van der Waals surface area contributed by atoms with E-state index in [1.807, 2.05) is 6.92 Å². The maximum Gasteiger partial charge on any atom is 0.305 e. The molecule has 1 heterocycles. The number of carbonyl (C=O) groups excluding carboxylic acids is 2. The van der Waals surface area contributed by atoms with Gasteiger partial charge in [-0.2, -0.15) is 0 Å². The van der Waals surface area contributed by atoms with Crippen LogP contribution in [0.3, 0.4) is 0 Å². The minimum Gasteiger partial charge on any atom is -0.434 e. The minimum atomic E-state index is -0.691. The van der Waals surface area contributed by atoms with Crippen molar-refractivity contribution in [2.24, 2.45) is 11.8 Å². The molecule has 19 heavy (non-hydrogen) atoms. The lowest BCUT2D eigenvalue weighted by molar-refractivity contribution is -0.231. The van der Waals surface area contributed by atoms with Crippen LogP contribution in [0.25, 0.3) is 0 Å². The van der Waals surface area contributed by atoms with E-state index < -0.39 is 12.3 Å². The molecule has 0 radical (unpaired) electrons. The molecule has 0 bridgehead atoms. The third-order valence-corrected chi connectivity index (χ3v) is 3.92. The SMILES string of the molecule is CCC(=O)NC1C(OC(C)=O)OC(CC)[C@@H](C)[C@@H]1C. The first-order valence-corrected chi connectivity index (χ1v) is 7.02. The summed E-state index contributed by atoms with van der Waals surface area (Å²) in [5.41, 5.74) is 0. The molecule has 0 aromatic rings. The number of hydrogen-bond acceptors (Lipinski definition) is 4. The Balaban J connectivity index is 2.86. The monoisotopic (exact) mass is 271 g/mol. The first kappa shape index (κ1) is 16.0. The van der Waals surface area contributed by atoms with Gasteiger partial charge in [0.15, 0.2) is 0 Å². The molecule has 0 aromatic carbocycles. The highest BCUT2D eigenvalue weighted by atomic mass is 16.7. The van der Waals surface area contributed by atoms with Crippen molar-refractivity contribution in [1.82, 2.24) is 5.32 Å². The molecule has 3 unspecified atom stereocenters. The van der Waals surface area contributed by atoms with E-state index in [4.69, 9.17) is 9.47 Å². The zero-order chi connectivity index (χ0) is 14.6. The first-order valence-electron chi connectivity index (χ1n) is 7.02. The summed E-state index contributed by atoms with van der Waals surface area (Å²) in [5, 5.41) is 2.91. The maximum absolute atomic E-state index is 11.6. The van der Waals surface area contributed by atoms with Gasteiger partial charge < -0.3 is 14.8 Å². The van der Waals surface area contributed by atoms with Crippen molar-refractivity contribution in [1.29, 1.82) is 0 Å². The predicted molar refractivity (Wildman–Crippen MR) is 71.3 cm³/mol. The number of nitrogens with one attached hydrogen (secondary N) is 1. The van der Waals surface area contributed by atoms with Crippen molar-refractivity contribution in [3.63, 3.8) is 0 Å². The minimum absolute atomic E-state index is 0.0501. The summed E-state index contributed by atoms with van der Waals surface area (Å²) in [6.45, 7) is 9.36. The van der Waals surface area contributed by atoms with E-state index in [1.54, 1.807) is 6.92 Å². The predicted octanol–water partition coefficient (Wildman–Crippen LogP) is 1.85. The van der Waals surface area contributed by atoms with Crippen molar-refractivity contribution in [2.75, 3.05) is 0 Å². The maximum atomic E-state index is 11.6. The lowest BCUT2D eigenvalue weighted by atomic mass is 9.81.